The highest BCUT2D eigenvalue weighted by atomic mass is 16.5. The van der Waals surface area contributed by atoms with E-state index in [4.69, 9.17) is 19.4 Å². The number of amides is 1. The lowest BCUT2D eigenvalue weighted by Gasteiger charge is -2.32. The van der Waals surface area contributed by atoms with Crippen molar-refractivity contribution in [2.24, 2.45) is 5.92 Å². The van der Waals surface area contributed by atoms with Crippen molar-refractivity contribution in [2.45, 2.75) is 39.2 Å². The zero-order chi connectivity index (χ0) is 19.5. The monoisotopic (exact) mass is 384 g/mol. The number of carbonyl (C=O) groups excluding carboxylic acids is 1. The van der Waals surface area contributed by atoms with E-state index >= 15 is 0 Å². The van der Waals surface area contributed by atoms with Crippen molar-refractivity contribution < 1.29 is 14.3 Å². The van der Waals surface area contributed by atoms with Crippen molar-refractivity contribution in [1.29, 1.82) is 0 Å². The highest BCUT2D eigenvalue weighted by molar-refractivity contribution is 5.83. The van der Waals surface area contributed by atoms with Gasteiger partial charge in [-0.2, -0.15) is 0 Å². The predicted molar refractivity (Wildman–Crippen MR) is 108 cm³/mol. The molecule has 1 N–H and O–H groups in total. The molecule has 7 nitrogen and oxygen atoms in total. The van der Waals surface area contributed by atoms with Crippen molar-refractivity contribution >= 4 is 22.8 Å². The third kappa shape index (κ3) is 4.04. The number of nitrogens with zero attached hydrogens (tertiary/aromatic N) is 3. The predicted octanol–water partition coefficient (Wildman–Crippen LogP) is 2.46. The molecule has 1 amide bonds. The Labute approximate surface area is 165 Å². The first-order valence-corrected chi connectivity index (χ1v) is 10.2. The summed E-state index contributed by atoms with van der Waals surface area (Å²) < 4.78 is 10.9. The van der Waals surface area contributed by atoms with E-state index in [0.717, 1.165) is 67.3 Å². The summed E-state index contributed by atoms with van der Waals surface area (Å²) in [6.45, 7) is 7.59. The Morgan fingerprint density at radius 2 is 2.11 bits per heavy atom. The van der Waals surface area contributed by atoms with E-state index in [1.807, 2.05) is 32.0 Å². The average molecular weight is 384 g/mol. The molecule has 7 heteroatoms. The molecule has 1 aromatic carbocycles. The summed E-state index contributed by atoms with van der Waals surface area (Å²) in [5.41, 5.74) is 1.87. The lowest BCUT2D eigenvalue weighted by molar-refractivity contribution is -0.126. The maximum atomic E-state index is 12.5. The normalized spacial score (nSPS) is 20.5. The largest absolute Gasteiger partial charge is 0.494 e. The van der Waals surface area contributed by atoms with E-state index < -0.39 is 0 Å². The van der Waals surface area contributed by atoms with Crippen LogP contribution in [-0.2, 0) is 9.53 Å². The molecule has 1 aromatic heterocycles. The number of rotatable bonds is 5. The minimum absolute atomic E-state index is 0.0622. The summed E-state index contributed by atoms with van der Waals surface area (Å²) in [6.07, 6.45) is 2.56. The first-order chi connectivity index (χ1) is 13.6. The fourth-order valence-electron chi connectivity index (χ4n) is 3.95. The minimum atomic E-state index is 0.0622. The molecule has 0 bridgehead atoms. The molecule has 2 aliphatic heterocycles. The molecular weight excluding hydrogens is 356 g/mol. The van der Waals surface area contributed by atoms with E-state index in [-0.39, 0.29) is 17.9 Å². The third-order valence-electron chi connectivity index (χ3n) is 5.58. The quantitative estimate of drug-likeness (QED) is 0.853. The summed E-state index contributed by atoms with van der Waals surface area (Å²) in [7, 11) is 0. The number of ether oxygens (including phenoxy) is 2. The Kier molecular flexibility index (Phi) is 5.62. The molecule has 0 saturated carbocycles. The van der Waals surface area contributed by atoms with Crippen LogP contribution in [-0.4, -0.2) is 54.8 Å². The van der Waals surface area contributed by atoms with Gasteiger partial charge in [-0.3, -0.25) is 4.79 Å². The third-order valence-corrected chi connectivity index (χ3v) is 5.58. The van der Waals surface area contributed by atoms with Gasteiger partial charge in [-0.05, 0) is 51.3 Å². The summed E-state index contributed by atoms with van der Waals surface area (Å²) in [6, 6.07) is 6.12. The van der Waals surface area contributed by atoms with E-state index in [9.17, 15) is 4.79 Å². The zero-order valence-electron chi connectivity index (χ0n) is 16.6. The summed E-state index contributed by atoms with van der Waals surface area (Å²) in [4.78, 5) is 24.1. The molecule has 1 atom stereocenters. The molecule has 2 aliphatic rings. The van der Waals surface area contributed by atoms with Crippen LogP contribution in [0.1, 0.15) is 31.9 Å². The van der Waals surface area contributed by atoms with E-state index in [2.05, 4.69) is 10.2 Å². The van der Waals surface area contributed by atoms with E-state index in [1.165, 1.54) is 0 Å². The summed E-state index contributed by atoms with van der Waals surface area (Å²) in [5.74, 6) is 1.81. The summed E-state index contributed by atoms with van der Waals surface area (Å²) >= 11 is 0. The van der Waals surface area contributed by atoms with Gasteiger partial charge in [0, 0.05) is 31.0 Å². The second-order valence-electron chi connectivity index (χ2n) is 7.55. The number of fused-ring (bicyclic) bond motifs is 1. The van der Waals surface area contributed by atoms with Crippen LogP contribution in [0.5, 0.6) is 5.75 Å². The molecule has 150 valence electrons. The first-order valence-electron chi connectivity index (χ1n) is 10.2. The van der Waals surface area contributed by atoms with Gasteiger partial charge in [-0.15, -0.1) is 0 Å². The number of aromatic nitrogens is 2. The van der Waals surface area contributed by atoms with Gasteiger partial charge in [-0.25, -0.2) is 9.97 Å². The van der Waals surface area contributed by atoms with Crippen LogP contribution in [0.3, 0.4) is 0 Å². The highest BCUT2D eigenvalue weighted by Gasteiger charge is 2.28. The van der Waals surface area contributed by atoms with Crippen molar-refractivity contribution in [2.75, 3.05) is 37.8 Å². The number of piperidine rings is 1. The van der Waals surface area contributed by atoms with Crippen LogP contribution in [0.25, 0.3) is 10.9 Å². The van der Waals surface area contributed by atoms with Gasteiger partial charge in [0.1, 0.15) is 5.75 Å². The molecule has 1 unspecified atom stereocenters. The molecule has 2 saturated heterocycles. The van der Waals surface area contributed by atoms with Crippen LogP contribution in [0.15, 0.2) is 18.2 Å². The SMILES string of the molecule is CCOc1ccc2nc(N3CCC(C(=O)NC4CCOC4)CC3)nc(C)c2c1. The molecule has 4 rings (SSSR count). The minimum Gasteiger partial charge on any atom is -0.494 e. The van der Waals surface area contributed by atoms with Crippen LogP contribution < -0.4 is 15.0 Å². The van der Waals surface area contributed by atoms with Gasteiger partial charge in [-0.1, -0.05) is 0 Å². The number of anilines is 1. The smallest absolute Gasteiger partial charge is 0.226 e. The molecule has 3 heterocycles. The van der Waals surface area contributed by atoms with Crippen molar-refractivity contribution in [3.05, 3.63) is 23.9 Å². The zero-order valence-corrected chi connectivity index (χ0v) is 16.6. The fraction of sp³-hybridized carbons (Fsp3) is 0.571. The second kappa shape index (κ2) is 8.31. The van der Waals surface area contributed by atoms with Crippen LogP contribution in [0.2, 0.25) is 0 Å². The Hall–Kier alpha value is -2.41. The van der Waals surface area contributed by atoms with Gasteiger partial charge in [0.25, 0.3) is 0 Å². The van der Waals surface area contributed by atoms with Crippen LogP contribution in [0.4, 0.5) is 5.95 Å². The van der Waals surface area contributed by atoms with Crippen molar-refractivity contribution in [3.8, 4) is 5.75 Å². The fourth-order valence-corrected chi connectivity index (χ4v) is 3.95. The molecule has 0 spiro atoms. The number of benzene rings is 1. The Bertz CT molecular complexity index is 843. The Morgan fingerprint density at radius 3 is 2.82 bits per heavy atom. The number of carbonyl (C=O) groups is 1. The number of hydrogen-bond acceptors (Lipinski definition) is 6. The molecular formula is C21H28N4O3. The standard InChI is InChI=1S/C21H28N4O3/c1-3-28-17-4-5-19-18(12-17)14(2)22-21(24-19)25-9-6-15(7-10-25)20(26)23-16-8-11-27-13-16/h4-5,12,15-16H,3,6-11,13H2,1-2H3,(H,23,26). The van der Waals surface area contributed by atoms with Crippen molar-refractivity contribution in [3.63, 3.8) is 0 Å². The number of aryl methyl sites for hydroxylation is 1. The number of hydrogen-bond donors (Lipinski definition) is 1. The maximum absolute atomic E-state index is 12.5. The average Bonchev–Trinajstić information content (AvgIpc) is 3.22. The topological polar surface area (TPSA) is 76.6 Å². The van der Waals surface area contributed by atoms with Gasteiger partial charge in [0.2, 0.25) is 11.9 Å². The van der Waals surface area contributed by atoms with Crippen molar-refractivity contribution in [1.82, 2.24) is 15.3 Å². The van der Waals surface area contributed by atoms with E-state index in [0.29, 0.717) is 13.2 Å². The Balaban J connectivity index is 1.41. The lowest BCUT2D eigenvalue weighted by Crippen LogP contribution is -2.44. The van der Waals surface area contributed by atoms with E-state index in [1.54, 1.807) is 0 Å². The van der Waals surface area contributed by atoms with Gasteiger partial charge >= 0.3 is 0 Å². The molecule has 0 radical (unpaired) electrons. The maximum Gasteiger partial charge on any atom is 0.226 e. The molecule has 28 heavy (non-hydrogen) atoms. The molecule has 0 aliphatic carbocycles. The first kappa shape index (κ1) is 18.9. The van der Waals surface area contributed by atoms with Gasteiger partial charge in [0.05, 0.1) is 30.5 Å². The highest BCUT2D eigenvalue weighted by Crippen LogP contribution is 2.26. The van der Waals surface area contributed by atoms with Crippen LogP contribution in [0, 0.1) is 12.8 Å². The van der Waals surface area contributed by atoms with Gasteiger partial charge < -0.3 is 19.7 Å². The number of nitrogens with one attached hydrogen (secondary N) is 1. The molecule has 2 fully saturated rings. The summed E-state index contributed by atoms with van der Waals surface area (Å²) in [5, 5.41) is 4.14. The van der Waals surface area contributed by atoms with Crippen LogP contribution >= 0.6 is 0 Å². The second-order valence-corrected chi connectivity index (χ2v) is 7.55. The van der Waals surface area contributed by atoms with Gasteiger partial charge in [0.15, 0.2) is 0 Å². The Morgan fingerprint density at radius 1 is 1.29 bits per heavy atom. The lowest BCUT2D eigenvalue weighted by atomic mass is 9.95. The molecule has 2 aromatic rings.